The minimum absolute atomic E-state index is 0.00837. The van der Waals surface area contributed by atoms with Gasteiger partial charge in [-0.25, -0.2) is 13.2 Å². The van der Waals surface area contributed by atoms with E-state index in [0.29, 0.717) is 28.3 Å². The smallest absolute Gasteiger partial charge is 0.354 e. The third kappa shape index (κ3) is 10.8. The van der Waals surface area contributed by atoms with Crippen LogP contribution in [0.1, 0.15) is 77.7 Å². The molecule has 1 aliphatic carbocycles. The molecule has 14 nitrogen and oxygen atoms in total. The molecule has 0 spiro atoms. The van der Waals surface area contributed by atoms with Crippen LogP contribution in [0.5, 0.6) is 0 Å². The molecule has 3 aliphatic heterocycles. The lowest BCUT2D eigenvalue weighted by molar-refractivity contribution is -0.299. The van der Waals surface area contributed by atoms with Crippen LogP contribution in [0, 0.1) is 11.3 Å². The summed E-state index contributed by atoms with van der Waals surface area (Å²) in [5, 5.41) is 8.46. The van der Waals surface area contributed by atoms with E-state index in [-0.39, 0.29) is 49.7 Å². The number of nitrogens with zero attached hydrogens (tertiary/aromatic N) is 4. The number of carbonyl (C=O) groups is 7. The molecule has 7 atom stereocenters. The molecule has 0 aromatic heterocycles. The number of likely N-dealkylation sites (N-methyl/N-ethyl adjacent to an activating group) is 2. The highest BCUT2D eigenvalue weighted by Gasteiger charge is 2.75. The largest absolute Gasteiger partial charge is 0.403 e. The van der Waals surface area contributed by atoms with E-state index in [9.17, 15) is 59.9 Å². The Morgan fingerprint density at radius 2 is 1.67 bits per heavy atom. The van der Waals surface area contributed by atoms with Crippen LogP contribution in [0.25, 0.3) is 0 Å². The molecule has 63 heavy (non-hydrogen) atoms. The van der Waals surface area contributed by atoms with Crippen molar-refractivity contribution < 1.29 is 59.9 Å². The van der Waals surface area contributed by atoms with E-state index < -0.39 is 127 Å². The Balaban J connectivity index is 1.37. The Morgan fingerprint density at radius 3 is 2.25 bits per heavy atom. The zero-order valence-corrected chi connectivity index (χ0v) is 37.0. The number of carbonyl (C=O) groups excluding carboxylic acids is 7. The topological polar surface area (TPSA) is 169 Å². The fourth-order valence-corrected chi connectivity index (χ4v) is 9.12. The minimum atomic E-state index is -5.42. The molecule has 4 aliphatic rings. The lowest BCUT2D eigenvalue weighted by Crippen LogP contribution is -2.65. The first-order valence-corrected chi connectivity index (χ1v) is 21.6. The lowest BCUT2D eigenvalue weighted by atomic mass is 9.64. The maximum Gasteiger partial charge on any atom is 0.403 e. The van der Waals surface area contributed by atoms with Gasteiger partial charge in [-0.1, -0.05) is 37.0 Å². The fraction of sp³-hybridized carbons (Fsp3) is 0.683. The van der Waals surface area contributed by atoms with E-state index >= 15 is 0 Å². The van der Waals surface area contributed by atoms with Crippen LogP contribution in [0.3, 0.4) is 0 Å². The molecular weight excluding hydrogens is 887 g/mol. The van der Waals surface area contributed by atoms with Crippen molar-refractivity contribution >= 4 is 64.6 Å². The van der Waals surface area contributed by atoms with Gasteiger partial charge in [-0.2, -0.15) is 13.2 Å². The van der Waals surface area contributed by atoms with Gasteiger partial charge in [-0.3, -0.25) is 33.6 Å². The van der Waals surface area contributed by atoms with E-state index in [1.165, 1.54) is 30.8 Å². The van der Waals surface area contributed by atoms with Crippen LogP contribution in [0.4, 0.5) is 26.3 Å². The van der Waals surface area contributed by atoms with Crippen LogP contribution < -0.4 is 16.0 Å². The summed E-state index contributed by atoms with van der Waals surface area (Å²) in [5.41, 5.74) is -3.06. The fourth-order valence-electron chi connectivity index (χ4n) is 8.73. The average Bonchev–Trinajstić information content (AvgIpc) is 3.56. The molecule has 4 fully saturated rings. The van der Waals surface area contributed by atoms with Gasteiger partial charge in [-0.15, -0.1) is 0 Å². The number of benzene rings is 1. The molecular formula is C41H53Cl2F6N7O7. The second-order valence-electron chi connectivity index (χ2n) is 17.5. The van der Waals surface area contributed by atoms with E-state index in [4.69, 9.17) is 23.2 Å². The van der Waals surface area contributed by atoms with Crippen LogP contribution in [-0.4, -0.2) is 149 Å². The Hall–Kier alpha value is -4.33. The number of nitrogens with one attached hydrogen (secondary N) is 3. The second-order valence-corrected chi connectivity index (χ2v) is 18.4. The normalized spacial score (nSPS) is 27.4. The number of amides is 7. The molecule has 1 aromatic carbocycles. The number of rotatable bonds is 9. The number of hydrogen-bond donors (Lipinski definition) is 3. The maximum absolute atomic E-state index is 14.7. The van der Waals surface area contributed by atoms with Crippen molar-refractivity contribution in [2.45, 2.75) is 133 Å². The molecule has 1 aromatic rings. The van der Waals surface area contributed by atoms with Gasteiger partial charge >= 0.3 is 6.18 Å². The molecule has 5 rings (SSSR count). The van der Waals surface area contributed by atoms with Crippen LogP contribution in [-0.2, 0) is 40.0 Å². The highest BCUT2D eigenvalue weighted by molar-refractivity contribution is 6.33. The first kappa shape index (κ1) is 49.7. The Morgan fingerprint density at radius 1 is 1.00 bits per heavy atom. The van der Waals surface area contributed by atoms with Crippen molar-refractivity contribution in [3.63, 3.8) is 0 Å². The number of likely N-dealkylation sites (tertiary alicyclic amines) is 1. The van der Waals surface area contributed by atoms with E-state index in [1.54, 1.807) is 18.2 Å². The summed E-state index contributed by atoms with van der Waals surface area (Å²) in [4.78, 5) is 101. The van der Waals surface area contributed by atoms with Gasteiger partial charge < -0.3 is 35.6 Å². The zero-order chi connectivity index (χ0) is 46.9. The first-order chi connectivity index (χ1) is 29.3. The van der Waals surface area contributed by atoms with Gasteiger partial charge in [0.1, 0.15) is 42.4 Å². The van der Waals surface area contributed by atoms with Crippen LogP contribution in [0.15, 0.2) is 18.2 Å². The van der Waals surface area contributed by atoms with E-state index in [0.717, 1.165) is 4.90 Å². The summed E-state index contributed by atoms with van der Waals surface area (Å²) in [7, 11) is 2.65. The third-order valence-corrected chi connectivity index (χ3v) is 13.0. The molecule has 0 unspecified atom stereocenters. The monoisotopic (exact) mass is 939 g/mol. The van der Waals surface area contributed by atoms with Gasteiger partial charge in [0.2, 0.25) is 41.4 Å². The van der Waals surface area contributed by atoms with E-state index in [2.05, 4.69) is 16.0 Å². The first-order valence-electron chi connectivity index (χ1n) is 20.8. The molecule has 3 saturated heterocycles. The average molecular weight is 941 g/mol. The predicted molar refractivity (Wildman–Crippen MR) is 217 cm³/mol. The van der Waals surface area contributed by atoms with Crippen molar-refractivity contribution in [3.05, 3.63) is 33.8 Å². The number of fused-ring (bicyclic) bond motifs is 1. The zero-order valence-electron chi connectivity index (χ0n) is 35.5. The minimum Gasteiger partial charge on any atom is -0.354 e. The van der Waals surface area contributed by atoms with Crippen LogP contribution >= 0.6 is 23.2 Å². The SMILES string of the molecule is CC(C)C[C@@H]1NC(=O)[C@@H](N(C)C(=O)[C@H](C)NC(=O)[C@@H]2C[C@@H](F)CN2C(=O)C2(C(F)(F)F)CC(F)(F)C2)CCCCNC(=O)[C@H]2CCN2C(=O)[C@H](Cc2cc(Cl)ccc2Cl)N(C)C1=O. The maximum atomic E-state index is 14.7. The highest BCUT2D eigenvalue weighted by Crippen LogP contribution is 2.61. The van der Waals surface area contributed by atoms with Gasteiger partial charge in [0.15, 0.2) is 5.41 Å². The van der Waals surface area contributed by atoms with Crippen molar-refractivity contribution in [2.24, 2.45) is 11.3 Å². The molecule has 1 saturated carbocycles. The summed E-state index contributed by atoms with van der Waals surface area (Å²) in [5.74, 6) is -10.3. The standard InChI is InChI=1S/C41H53Cl2F6N7O7/c1-21(2)14-27-36(61)54(5)31(16-23-15-24(42)9-10-26(23)43)37(62)55-13-11-29(55)32(57)50-12-7-6-8-28(33(58)52-27)53(4)35(60)22(3)51-34(59)30-17-25(44)18-56(30)38(63)39(41(47,48)49)19-40(45,46)20-39/h9-10,15,21-22,25,27-31H,6-8,11-14,16-20H2,1-5H3,(H,50,57)(H,51,59)(H,52,58)/t22-,25+,27-,28-,29+,30-,31-/m0/s1. The molecule has 350 valence electrons. The summed E-state index contributed by atoms with van der Waals surface area (Å²) in [6, 6.07) is -3.23. The van der Waals surface area contributed by atoms with Crippen molar-refractivity contribution in [3.8, 4) is 0 Å². The summed E-state index contributed by atoms with van der Waals surface area (Å²) < 4.78 is 84.4. The lowest BCUT2D eigenvalue weighted by Gasteiger charge is -2.48. The molecule has 3 heterocycles. The Labute approximate surface area is 371 Å². The summed E-state index contributed by atoms with van der Waals surface area (Å²) in [6.45, 7) is 4.26. The Kier molecular flexibility index (Phi) is 15.3. The Bertz CT molecular complexity index is 1950. The number of hydrogen-bond acceptors (Lipinski definition) is 7. The van der Waals surface area contributed by atoms with Crippen molar-refractivity contribution in [1.82, 2.24) is 35.6 Å². The number of halogens is 8. The summed E-state index contributed by atoms with van der Waals surface area (Å²) in [6.07, 6.45) is -10.9. The van der Waals surface area contributed by atoms with Crippen LogP contribution in [0.2, 0.25) is 10.0 Å². The highest BCUT2D eigenvalue weighted by atomic mass is 35.5. The van der Waals surface area contributed by atoms with Gasteiger partial charge in [0, 0.05) is 62.9 Å². The summed E-state index contributed by atoms with van der Waals surface area (Å²) >= 11 is 12.7. The molecule has 22 heteroatoms. The van der Waals surface area contributed by atoms with E-state index in [1.807, 2.05) is 13.8 Å². The predicted octanol–water partition coefficient (Wildman–Crippen LogP) is 4.04. The van der Waals surface area contributed by atoms with Crippen molar-refractivity contribution in [1.29, 1.82) is 0 Å². The second kappa shape index (κ2) is 19.4. The molecule has 7 amide bonds. The molecule has 3 N–H and O–H groups in total. The van der Waals surface area contributed by atoms with Gasteiger partial charge in [0.25, 0.3) is 5.92 Å². The molecule has 0 radical (unpaired) electrons. The van der Waals surface area contributed by atoms with Gasteiger partial charge in [-0.05, 0) is 68.7 Å². The third-order valence-electron chi connectivity index (χ3n) is 12.4. The number of alkyl halides is 6. The van der Waals surface area contributed by atoms with Gasteiger partial charge in [0.05, 0.1) is 6.54 Å². The molecule has 0 bridgehead atoms. The van der Waals surface area contributed by atoms with Crippen molar-refractivity contribution in [2.75, 3.05) is 33.7 Å². The quantitative estimate of drug-likeness (QED) is 0.314.